The van der Waals surface area contributed by atoms with Gasteiger partial charge in [-0.05, 0) is 42.8 Å². The van der Waals surface area contributed by atoms with Gasteiger partial charge in [0.15, 0.2) is 0 Å². The van der Waals surface area contributed by atoms with Gasteiger partial charge in [0.1, 0.15) is 18.8 Å². The number of hydrogen-bond acceptors (Lipinski definition) is 14. The molecule has 53 heavy (non-hydrogen) atoms. The fourth-order valence-corrected chi connectivity index (χ4v) is 4.44. The van der Waals surface area contributed by atoms with Crippen LogP contribution in [-0.4, -0.2) is 49.6 Å². The summed E-state index contributed by atoms with van der Waals surface area (Å²) in [5.74, 6) is -2.83. The highest BCUT2D eigenvalue weighted by molar-refractivity contribution is 6.02. The number of esters is 2. The zero-order valence-corrected chi connectivity index (χ0v) is 28.1. The number of rotatable bonds is 10. The third-order valence-corrected chi connectivity index (χ3v) is 7.07. The Bertz CT molecular complexity index is 1970. The van der Waals surface area contributed by atoms with E-state index in [1.54, 1.807) is 79.7 Å². The van der Waals surface area contributed by atoms with Gasteiger partial charge in [-0.2, -0.15) is 0 Å². The average molecular weight is 731 g/mol. The number of imide groups is 1. The molecule has 1 fully saturated rings. The van der Waals surface area contributed by atoms with Crippen molar-refractivity contribution >= 4 is 46.8 Å². The van der Waals surface area contributed by atoms with E-state index in [0.717, 1.165) is 24.6 Å². The van der Waals surface area contributed by atoms with Crippen LogP contribution in [0.4, 0.5) is 17.1 Å². The Kier molecular flexibility index (Phi) is 14.5. The SMILES string of the molecule is CC(=O)OCc1c([N+](=O)[O-])cccc1[N+](=O)[O-].Cc1cccc([N+](=O)[O-])c1COC(=O)c1ccccc1.O=C(ON1C(=O)CCC1=O)c1ccccc1. The highest BCUT2D eigenvalue weighted by atomic mass is 16.7. The standard InChI is InChI=1S/C15H13NO4.C11H9NO4.C9H8N2O6/c1-11-6-5-9-14(16(18)19)13(11)10-20-15(17)12-7-3-2-4-8-12;13-9-6-7-10(14)12(9)16-11(15)8-4-2-1-3-5-8;1-6(12)17-5-7-8(10(13)14)3-2-4-9(7)11(15)16/h2-9H,10H2,1H3;1-5H,6-7H2;2-4H,5H2,1H3. The summed E-state index contributed by atoms with van der Waals surface area (Å²) < 4.78 is 9.70. The van der Waals surface area contributed by atoms with Crippen LogP contribution in [-0.2, 0) is 41.9 Å². The molecule has 0 bridgehead atoms. The van der Waals surface area contributed by atoms with Crippen molar-refractivity contribution in [2.45, 2.75) is 39.9 Å². The van der Waals surface area contributed by atoms with Crippen LogP contribution >= 0.6 is 0 Å². The molecule has 0 saturated carbocycles. The number of carbonyl (C=O) groups excluding carboxylic acids is 5. The van der Waals surface area contributed by atoms with Crippen LogP contribution in [0.25, 0.3) is 0 Å². The molecule has 4 aromatic rings. The van der Waals surface area contributed by atoms with Crippen molar-refractivity contribution in [2.75, 3.05) is 0 Å². The second-order valence-electron chi connectivity index (χ2n) is 10.7. The maximum absolute atomic E-state index is 11.8. The van der Waals surface area contributed by atoms with Crippen molar-refractivity contribution < 1.29 is 53.1 Å². The normalized spacial score (nSPS) is 11.5. The quantitative estimate of drug-likeness (QED) is 0.0818. The van der Waals surface area contributed by atoms with E-state index in [2.05, 4.69) is 4.74 Å². The molecule has 1 aliphatic heterocycles. The van der Waals surface area contributed by atoms with Crippen molar-refractivity contribution in [1.82, 2.24) is 5.06 Å². The molecule has 1 heterocycles. The third kappa shape index (κ3) is 11.6. The molecular formula is C35H30N4O14. The Hall–Kier alpha value is -7.37. The van der Waals surface area contributed by atoms with Crippen LogP contribution in [0.5, 0.6) is 0 Å². The predicted octanol–water partition coefficient (Wildman–Crippen LogP) is 5.73. The van der Waals surface area contributed by atoms with Crippen LogP contribution in [0.1, 0.15) is 57.2 Å². The van der Waals surface area contributed by atoms with Crippen LogP contribution in [0.15, 0.2) is 97.1 Å². The van der Waals surface area contributed by atoms with Crippen molar-refractivity contribution in [3.8, 4) is 0 Å². The molecule has 0 radical (unpaired) electrons. The van der Waals surface area contributed by atoms with E-state index in [0.29, 0.717) is 21.8 Å². The summed E-state index contributed by atoms with van der Waals surface area (Å²) in [7, 11) is 0. The molecule has 0 N–H and O–H groups in total. The van der Waals surface area contributed by atoms with E-state index in [4.69, 9.17) is 9.57 Å². The van der Waals surface area contributed by atoms with Crippen LogP contribution in [0, 0.1) is 37.3 Å². The van der Waals surface area contributed by atoms with Crippen LogP contribution < -0.4 is 0 Å². The van der Waals surface area contributed by atoms with Crippen LogP contribution in [0.2, 0.25) is 0 Å². The molecule has 18 nitrogen and oxygen atoms in total. The minimum Gasteiger partial charge on any atom is -0.460 e. The molecule has 0 aromatic heterocycles. The van der Waals surface area contributed by atoms with Crippen molar-refractivity contribution in [2.24, 2.45) is 0 Å². The molecule has 1 saturated heterocycles. The number of hydrogen-bond donors (Lipinski definition) is 0. The molecule has 2 amide bonds. The van der Waals surface area contributed by atoms with Gasteiger partial charge in [0.25, 0.3) is 28.9 Å². The summed E-state index contributed by atoms with van der Waals surface area (Å²) in [5.41, 5.74) is 0.713. The number of benzene rings is 4. The average Bonchev–Trinajstić information content (AvgIpc) is 3.46. The number of carbonyl (C=O) groups is 5. The smallest absolute Gasteiger partial charge is 0.363 e. The van der Waals surface area contributed by atoms with Gasteiger partial charge in [-0.15, -0.1) is 5.06 Å². The second-order valence-corrected chi connectivity index (χ2v) is 10.7. The molecule has 1 aliphatic rings. The monoisotopic (exact) mass is 730 g/mol. The number of ether oxygens (including phenoxy) is 2. The minimum absolute atomic E-state index is 0.0362. The first-order valence-electron chi connectivity index (χ1n) is 15.3. The summed E-state index contributed by atoms with van der Waals surface area (Å²) in [4.78, 5) is 91.4. The second kappa shape index (κ2) is 19.1. The van der Waals surface area contributed by atoms with Crippen molar-refractivity contribution in [1.29, 1.82) is 0 Å². The Balaban J connectivity index is 0.000000216. The fourth-order valence-electron chi connectivity index (χ4n) is 4.44. The van der Waals surface area contributed by atoms with E-state index in [1.807, 2.05) is 0 Å². The maximum Gasteiger partial charge on any atom is 0.363 e. The van der Waals surface area contributed by atoms with Crippen molar-refractivity contribution in [3.63, 3.8) is 0 Å². The predicted molar refractivity (Wildman–Crippen MR) is 182 cm³/mol. The summed E-state index contributed by atoms with van der Waals surface area (Å²) in [6.07, 6.45) is 0.196. The van der Waals surface area contributed by atoms with E-state index >= 15 is 0 Å². The summed E-state index contributed by atoms with van der Waals surface area (Å²) >= 11 is 0. The first kappa shape index (κ1) is 40.1. The zero-order chi connectivity index (χ0) is 39.1. The number of nitro groups is 3. The highest BCUT2D eigenvalue weighted by Crippen LogP contribution is 2.29. The van der Waals surface area contributed by atoms with E-state index in [9.17, 15) is 54.3 Å². The Morgan fingerprint density at radius 1 is 0.604 bits per heavy atom. The molecule has 4 aromatic carbocycles. The topological polar surface area (TPSA) is 246 Å². The Labute approximate surface area is 299 Å². The van der Waals surface area contributed by atoms with E-state index in [1.165, 1.54) is 12.1 Å². The Morgan fingerprint density at radius 2 is 1.02 bits per heavy atom. The lowest BCUT2D eigenvalue weighted by Crippen LogP contribution is -2.32. The Morgan fingerprint density at radius 3 is 1.47 bits per heavy atom. The number of hydroxylamine groups is 2. The van der Waals surface area contributed by atoms with Gasteiger partial charge in [-0.3, -0.25) is 44.7 Å². The highest BCUT2D eigenvalue weighted by Gasteiger charge is 2.33. The molecule has 0 aliphatic carbocycles. The minimum atomic E-state index is -0.758. The number of amides is 2. The van der Waals surface area contributed by atoms with Crippen molar-refractivity contribution in [3.05, 3.63) is 155 Å². The van der Waals surface area contributed by atoms with Gasteiger partial charge >= 0.3 is 17.9 Å². The maximum atomic E-state index is 11.8. The van der Waals surface area contributed by atoms with E-state index < -0.39 is 62.5 Å². The lowest BCUT2D eigenvalue weighted by Gasteiger charge is -2.12. The summed E-state index contributed by atoms with van der Waals surface area (Å²) in [6, 6.07) is 24.9. The van der Waals surface area contributed by atoms with E-state index in [-0.39, 0.29) is 30.7 Å². The van der Waals surface area contributed by atoms with Gasteiger partial charge in [0.05, 0.1) is 31.5 Å². The number of aryl methyl sites for hydroxylation is 1. The molecule has 5 rings (SSSR count). The van der Waals surface area contributed by atoms with Gasteiger partial charge in [-0.25, -0.2) is 9.59 Å². The number of nitrogens with zero attached hydrogens (tertiary/aromatic N) is 4. The van der Waals surface area contributed by atoms with Gasteiger partial charge < -0.3 is 14.3 Å². The van der Waals surface area contributed by atoms with Crippen LogP contribution in [0.3, 0.4) is 0 Å². The third-order valence-electron chi connectivity index (χ3n) is 7.07. The molecular weight excluding hydrogens is 700 g/mol. The van der Waals surface area contributed by atoms with Gasteiger partial charge in [0, 0.05) is 38.0 Å². The van der Waals surface area contributed by atoms with Gasteiger partial charge in [0.2, 0.25) is 0 Å². The molecule has 0 unspecified atom stereocenters. The fraction of sp³-hybridized carbons (Fsp3) is 0.171. The molecule has 18 heteroatoms. The molecule has 274 valence electrons. The molecule has 0 atom stereocenters. The lowest BCUT2D eigenvalue weighted by atomic mass is 10.1. The first-order valence-corrected chi connectivity index (χ1v) is 15.3. The summed E-state index contributed by atoms with van der Waals surface area (Å²) in [6.45, 7) is 2.25. The number of nitro benzene ring substituents is 3. The molecule has 0 spiro atoms. The zero-order valence-electron chi connectivity index (χ0n) is 28.1. The lowest BCUT2D eigenvalue weighted by molar-refractivity contribution is -0.396. The van der Waals surface area contributed by atoms with Gasteiger partial charge in [-0.1, -0.05) is 48.5 Å². The summed E-state index contributed by atoms with van der Waals surface area (Å²) in [5, 5.41) is 32.9. The first-order chi connectivity index (χ1) is 25.2. The largest absolute Gasteiger partial charge is 0.460 e.